The summed E-state index contributed by atoms with van der Waals surface area (Å²) in [5.41, 5.74) is 5.72. The van der Waals surface area contributed by atoms with E-state index < -0.39 is 11.6 Å². The largest absolute Gasteiger partial charge is 0.497 e. The Hall–Kier alpha value is -1.59. The fourth-order valence-corrected chi connectivity index (χ4v) is 1.99. The molecule has 0 aliphatic heterocycles. The number of nitrogens with one attached hydrogen (secondary N) is 1. The van der Waals surface area contributed by atoms with Gasteiger partial charge >= 0.3 is 0 Å². The van der Waals surface area contributed by atoms with Crippen LogP contribution in [0.5, 0.6) is 5.75 Å². The molecule has 5 nitrogen and oxygen atoms in total. The number of hydrogen-bond acceptors (Lipinski definition) is 4. The van der Waals surface area contributed by atoms with Crippen LogP contribution in [-0.2, 0) is 4.79 Å². The molecule has 1 rings (SSSR count). The smallest absolute Gasteiger partial charge is 0.239 e. The molecule has 0 fully saturated rings. The molecule has 2 atom stereocenters. The molecular weight excluding hydrogens is 256 g/mol. The van der Waals surface area contributed by atoms with Gasteiger partial charge in [-0.2, -0.15) is 0 Å². The lowest BCUT2D eigenvalue weighted by atomic mass is 9.96. The van der Waals surface area contributed by atoms with E-state index in [1.807, 2.05) is 6.92 Å². The maximum Gasteiger partial charge on any atom is 0.239 e. The van der Waals surface area contributed by atoms with E-state index in [9.17, 15) is 9.90 Å². The lowest BCUT2D eigenvalue weighted by Crippen LogP contribution is -2.52. The van der Waals surface area contributed by atoms with E-state index in [0.29, 0.717) is 17.7 Å². The lowest BCUT2D eigenvalue weighted by Gasteiger charge is -2.24. The number of carbonyl (C=O) groups is 1. The quantitative estimate of drug-likeness (QED) is 0.704. The van der Waals surface area contributed by atoms with E-state index >= 15 is 0 Å². The topological polar surface area (TPSA) is 84.6 Å². The molecule has 0 aliphatic rings. The van der Waals surface area contributed by atoms with Gasteiger partial charge in [0.2, 0.25) is 5.91 Å². The van der Waals surface area contributed by atoms with Crippen LogP contribution in [0.1, 0.15) is 38.4 Å². The minimum absolute atomic E-state index is 0.127. The van der Waals surface area contributed by atoms with Crippen molar-refractivity contribution in [2.75, 3.05) is 13.7 Å². The van der Waals surface area contributed by atoms with Gasteiger partial charge in [-0.3, -0.25) is 4.79 Å². The molecule has 0 spiro atoms. The van der Waals surface area contributed by atoms with E-state index in [4.69, 9.17) is 10.5 Å². The predicted molar refractivity (Wildman–Crippen MR) is 78.5 cm³/mol. The van der Waals surface area contributed by atoms with Gasteiger partial charge in [-0.05, 0) is 31.0 Å². The summed E-state index contributed by atoms with van der Waals surface area (Å²) in [5.74, 6) is 0.420. The Kier molecular flexibility index (Phi) is 5.98. The summed E-state index contributed by atoms with van der Waals surface area (Å²) in [6, 6.07) is 7.12. The number of hydrogen-bond donors (Lipinski definition) is 3. The molecule has 0 radical (unpaired) electrons. The van der Waals surface area contributed by atoms with Gasteiger partial charge in [-0.1, -0.05) is 25.5 Å². The van der Waals surface area contributed by atoms with E-state index in [1.54, 1.807) is 38.3 Å². The van der Waals surface area contributed by atoms with Crippen molar-refractivity contribution in [2.45, 2.75) is 38.3 Å². The van der Waals surface area contributed by atoms with Crippen molar-refractivity contribution in [1.82, 2.24) is 5.32 Å². The molecule has 0 aromatic heterocycles. The Morgan fingerprint density at radius 2 is 2.25 bits per heavy atom. The van der Waals surface area contributed by atoms with E-state index in [2.05, 4.69) is 5.32 Å². The number of rotatable bonds is 7. The van der Waals surface area contributed by atoms with Crippen molar-refractivity contribution in [1.29, 1.82) is 0 Å². The molecule has 1 amide bonds. The van der Waals surface area contributed by atoms with Crippen LogP contribution in [0, 0.1) is 0 Å². The Morgan fingerprint density at radius 3 is 2.85 bits per heavy atom. The highest BCUT2D eigenvalue weighted by Gasteiger charge is 2.27. The van der Waals surface area contributed by atoms with Crippen molar-refractivity contribution in [3.8, 4) is 5.75 Å². The molecule has 0 aliphatic carbocycles. The summed E-state index contributed by atoms with van der Waals surface area (Å²) in [6.07, 6.45) is 0.652. The molecule has 5 heteroatoms. The normalized spacial score (nSPS) is 15.2. The summed E-state index contributed by atoms with van der Waals surface area (Å²) < 4.78 is 5.10. The van der Waals surface area contributed by atoms with E-state index in [-0.39, 0.29) is 12.5 Å². The number of aliphatic hydroxyl groups is 1. The molecule has 1 aromatic rings. The van der Waals surface area contributed by atoms with Gasteiger partial charge < -0.3 is 20.9 Å². The Bertz CT molecular complexity index is 446. The van der Waals surface area contributed by atoms with Gasteiger partial charge in [0, 0.05) is 6.54 Å². The molecule has 0 saturated carbocycles. The summed E-state index contributed by atoms with van der Waals surface area (Å²) >= 11 is 0. The van der Waals surface area contributed by atoms with Crippen molar-refractivity contribution >= 4 is 5.91 Å². The summed E-state index contributed by atoms with van der Waals surface area (Å²) in [4.78, 5) is 11.9. The van der Waals surface area contributed by atoms with E-state index in [1.165, 1.54) is 0 Å². The van der Waals surface area contributed by atoms with Crippen LogP contribution in [0.3, 0.4) is 0 Å². The number of benzene rings is 1. The summed E-state index contributed by atoms with van der Waals surface area (Å²) in [5, 5.41) is 12.8. The SMILES string of the molecule is CCCC(C)(N)C(=O)NCC(O)c1cccc(OC)c1. The molecule has 1 aromatic carbocycles. The minimum atomic E-state index is -0.900. The van der Waals surface area contributed by atoms with Crippen LogP contribution in [0.2, 0.25) is 0 Å². The number of amides is 1. The zero-order valence-corrected chi connectivity index (χ0v) is 12.3. The average molecular weight is 280 g/mol. The van der Waals surface area contributed by atoms with Gasteiger partial charge in [0.25, 0.3) is 0 Å². The number of methoxy groups -OCH3 is 1. The fraction of sp³-hybridized carbons (Fsp3) is 0.533. The first-order valence-electron chi connectivity index (χ1n) is 6.80. The third kappa shape index (κ3) is 4.51. The number of ether oxygens (including phenoxy) is 1. The second-order valence-electron chi connectivity index (χ2n) is 5.17. The lowest BCUT2D eigenvalue weighted by molar-refractivity contribution is -0.126. The Balaban J connectivity index is 2.58. The molecule has 0 heterocycles. The molecule has 4 N–H and O–H groups in total. The molecule has 112 valence electrons. The zero-order valence-electron chi connectivity index (χ0n) is 12.3. The van der Waals surface area contributed by atoms with Gasteiger partial charge in [0.15, 0.2) is 0 Å². The highest BCUT2D eigenvalue weighted by Crippen LogP contribution is 2.18. The monoisotopic (exact) mass is 280 g/mol. The van der Waals surface area contributed by atoms with Gasteiger partial charge in [-0.15, -0.1) is 0 Å². The summed E-state index contributed by atoms with van der Waals surface area (Å²) in [6.45, 7) is 3.80. The third-order valence-corrected chi connectivity index (χ3v) is 3.22. The highest BCUT2D eigenvalue weighted by molar-refractivity contribution is 5.85. The number of aliphatic hydroxyl groups excluding tert-OH is 1. The number of carbonyl (C=O) groups excluding carboxylic acids is 1. The Morgan fingerprint density at radius 1 is 1.55 bits per heavy atom. The van der Waals surface area contributed by atoms with Gasteiger partial charge in [-0.25, -0.2) is 0 Å². The van der Waals surface area contributed by atoms with Crippen LogP contribution in [0.25, 0.3) is 0 Å². The maximum absolute atomic E-state index is 11.9. The van der Waals surface area contributed by atoms with Crippen LogP contribution >= 0.6 is 0 Å². The van der Waals surface area contributed by atoms with Crippen LogP contribution in [0.15, 0.2) is 24.3 Å². The van der Waals surface area contributed by atoms with Crippen LogP contribution in [0.4, 0.5) is 0 Å². The molecule has 2 unspecified atom stereocenters. The first kappa shape index (κ1) is 16.5. The summed E-state index contributed by atoms with van der Waals surface area (Å²) in [7, 11) is 1.57. The van der Waals surface area contributed by atoms with Crippen molar-refractivity contribution < 1.29 is 14.6 Å². The molecule has 20 heavy (non-hydrogen) atoms. The van der Waals surface area contributed by atoms with Crippen LogP contribution < -0.4 is 15.8 Å². The zero-order chi connectivity index (χ0) is 15.2. The van der Waals surface area contributed by atoms with Crippen molar-refractivity contribution in [3.63, 3.8) is 0 Å². The average Bonchev–Trinajstić information content (AvgIpc) is 2.44. The van der Waals surface area contributed by atoms with Gasteiger partial charge in [0.1, 0.15) is 5.75 Å². The van der Waals surface area contributed by atoms with E-state index in [0.717, 1.165) is 6.42 Å². The number of nitrogens with two attached hydrogens (primary N) is 1. The second kappa shape index (κ2) is 7.26. The first-order valence-corrected chi connectivity index (χ1v) is 6.80. The standard InChI is InChI=1S/C15H24N2O3/c1-4-8-15(2,16)14(19)17-10-13(18)11-6-5-7-12(9-11)20-3/h5-7,9,13,18H,4,8,10,16H2,1-3H3,(H,17,19). The molecule has 0 bridgehead atoms. The van der Waals surface area contributed by atoms with Crippen molar-refractivity contribution in [3.05, 3.63) is 29.8 Å². The maximum atomic E-state index is 11.9. The van der Waals surface area contributed by atoms with Gasteiger partial charge in [0.05, 0.1) is 18.8 Å². The predicted octanol–water partition coefficient (Wildman–Crippen LogP) is 1.36. The van der Waals surface area contributed by atoms with Crippen molar-refractivity contribution in [2.24, 2.45) is 5.73 Å². The molecular formula is C15H24N2O3. The first-order chi connectivity index (χ1) is 9.40. The Labute approximate surface area is 120 Å². The molecule has 0 saturated heterocycles. The minimum Gasteiger partial charge on any atom is -0.497 e. The van der Waals surface area contributed by atoms with Crippen LogP contribution in [-0.4, -0.2) is 30.2 Å². The fourth-order valence-electron chi connectivity index (χ4n) is 1.99. The third-order valence-electron chi connectivity index (χ3n) is 3.22. The second-order valence-corrected chi connectivity index (χ2v) is 5.17. The highest BCUT2D eigenvalue weighted by atomic mass is 16.5.